The minimum atomic E-state index is -4.60. The van der Waals surface area contributed by atoms with Crippen molar-refractivity contribution in [1.29, 1.82) is 0 Å². The molecule has 2 aromatic carbocycles. The van der Waals surface area contributed by atoms with Crippen molar-refractivity contribution in [3.8, 4) is 28.0 Å². The second-order valence-electron chi connectivity index (χ2n) is 9.69. The number of carbonyl (C=O) groups excluding carboxylic acids is 1. The Hall–Kier alpha value is -2.87. The smallest absolute Gasteiger partial charge is 0.416 e. The van der Waals surface area contributed by atoms with Crippen LogP contribution >= 0.6 is 0 Å². The highest BCUT2D eigenvalue weighted by atomic mass is 28.4. The highest BCUT2D eigenvalue weighted by Gasteiger charge is 2.39. The van der Waals surface area contributed by atoms with Gasteiger partial charge in [0, 0.05) is 16.7 Å². The van der Waals surface area contributed by atoms with E-state index in [9.17, 15) is 18.0 Å². The summed E-state index contributed by atoms with van der Waals surface area (Å²) in [6.45, 7) is 14.0. The Morgan fingerprint density at radius 3 is 2.06 bits per heavy atom. The maximum atomic E-state index is 13.6. The number of benzene rings is 2. The largest absolute Gasteiger partial charge is 0.544 e. The highest BCUT2D eigenvalue weighted by Crippen LogP contribution is 2.43. The van der Waals surface area contributed by atoms with E-state index < -0.39 is 20.1 Å². The van der Waals surface area contributed by atoms with E-state index >= 15 is 0 Å². The van der Waals surface area contributed by atoms with Crippen molar-refractivity contribution < 1.29 is 26.9 Å². The van der Waals surface area contributed by atoms with E-state index in [0.29, 0.717) is 40.2 Å². The number of hydrogen-bond acceptors (Lipinski definition) is 4. The van der Waals surface area contributed by atoms with Gasteiger partial charge in [0.2, 0.25) is 8.32 Å². The first-order valence-corrected chi connectivity index (χ1v) is 13.5. The van der Waals surface area contributed by atoms with Gasteiger partial charge in [-0.3, -0.25) is 4.79 Å². The van der Waals surface area contributed by atoms with Crippen LogP contribution in [0.3, 0.4) is 0 Å². The van der Waals surface area contributed by atoms with E-state index in [1.54, 1.807) is 38.1 Å². The van der Waals surface area contributed by atoms with Crippen LogP contribution in [0.1, 0.15) is 48.1 Å². The molecule has 3 aromatic rings. The molecular formula is C25H28F3NO3Si. The molecule has 0 N–H and O–H groups in total. The van der Waals surface area contributed by atoms with Crippen LogP contribution in [0.5, 0.6) is 5.75 Å². The second kappa shape index (κ2) is 8.48. The quantitative estimate of drug-likeness (QED) is 0.279. The van der Waals surface area contributed by atoms with E-state index in [-0.39, 0.29) is 16.2 Å². The minimum Gasteiger partial charge on any atom is -0.544 e. The first kappa shape index (κ1) is 24.8. The molecule has 0 spiro atoms. The molecule has 0 saturated heterocycles. The summed E-state index contributed by atoms with van der Waals surface area (Å²) in [6, 6.07) is 8.88. The summed E-state index contributed by atoms with van der Waals surface area (Å²) in [5.41, 5.74) is 1.22. The van der Waals surface area contributed by atoms with Crippen molar-refractivity contribution in [1.82, 2.24) is 5.16 Å². The SMILES string of the molecule is Cc1noc(C)c1-c1c(C=O)cc(C(F)(F)F)cc1-c1ccc(O[Si](C)(C)C(C)(C)C)cc1. The number of nitrogens with zero attached hydrogens (tertiary/aromatic N) is 1. The lowest BCUT2D eigenvalue weighted by Gasteiger charge is -2.36. The van der Waals surface area contributed by atoms with Crippen molar-refractivity contribution in [3.05, 3.63) is 59.0 Å². The highest BCUT2D eigenvalue weighted by molar-refractivity contribution is 6.74. The van der Waals surface area contributed by atoms with Gasteiger partial charge in [-0.15, -0.1) is 0 Å². The van der Waals surface area contributed by atoms with E-state index in [1.807, 2.05) is 0 Å². The van der Waals surface area contributed by atoms with Crippen molar-refractivity contribution in [2.45, 2.75) is 58.9 Å². The predicted octanol–water partition coefficient (Wildman–Crippen LogP) is 7.84. The van der Waals surface area contributed by atoms with E-state index in [4.69, 9.17) is 8.95 Å². The van der Waals surface area contributed by atoms with Crippen LogP contribution in [0.15, 0.2) is 40.9 Å². The Labute approximate surface area is 192 Å². The summed E-state index contributed by atoms with van der Waals surface area (Å²) < 4.78 is 52.4. The number of rotatable bonds is 5. The first-order chi connectivity index (χ1) is 15.2. The lowest BCUT2D eigenvalue weighted by molar-refractivity contribution is -0.137. The summed E-state index contributed by atoms with van der Waals surface area (Å²) in [7, 11) is -2.08. The number of carbonyl (C=O) groups is 1. The Kier molecular flexibility index (Phi) is 6.36. The van der Waals surface area contributed by atoms with Crippen LogP contribution in [0.2, 0.25) is 18.1 Å². The lowest BCUT2D eigenvalue weighted by Crippen LogP contribution is -2.43. The molecular weight excluding hydrogens is 447 g/mol. The average molecular weight is 476 g/mol. The third kappa shape index (κ3) is 4.90. The van der Waals surface area contributed by atoms with E-state index in [0.717, 1.165) is 12.1 Å². The van der Waals surface area contributed by atoms with Crippen LogP contribution < -0.4 is 4.43 Å². The van der Waals surface area contributed by atoms with Gasteiger partial charge in [-0.05, 0) is 67.4 Å². The van der Waals surface area contributed by atoms with Gasteiger partial charge in [-0.25, -0.2) is 0 Å². The zero-order valence-corrected chi connectivity index (χ0v) is 20.8. The molecule has 0 aliphatic heterocycles. The molecule has 0 amide bonds. The third-order valence-corrected chi connectivity index (χ3v) is 10.6. The number of aryl methyl sites for hydroxylation is 2. The number of alkyl halides is 3. The van der Waals surface area contributed by atoms with E-state index in [1.165, 1.54) is 0 Å². The zero-order valence-electron chi connectivity index (χ0n) is 19.8. The minimum absolute atomic E-state index is 0.00206. The van der Waals surface area contributed by atoms with Gasteiger partial charge in [-0.2, -0.15) is 13.2 Å². The van der Waals surface area contributed by atoms with Gasteiger partial charge in [-0.1, -0.05) is 38.1 Å². The Bertz CT molecular complexity index is 1150. The number of aromatic nitrogens is 1. The van der Waals surface area contributed by atoms with Gasteiger partial charge in [0.1, 0.15) is 11.5 Å². The van der Waals surface area contributed by atoms with Crippen molar-refractivity contribution in [2.24, 2.45) is 0 Å². The first-order valence-electron chi connectivity index (χ1n) is 10.6. The molecule has 0 bridgehead atoms. The second-order valence-corrected chi connectivity index (χ2v) is 14.4. The molecule has 1 aromatic heterocycles. The van der Waals surface area contributed by atoms with Crippen LogP contribution in [0, 0.1) is 13.8 Å². The van der Waals surface area contributed by atoms with Crippen LogP contribution in [0.4, 0.5) is 13.2 Å². The molecule has 0 aliphatic rings. The van der Waals surface area contributed by atoms with Crippen molar-refractivity contribution >= 4 is 14.6 Å². The Balaban J connectivity index is 2.20. The Morgan fingerprint density at radius 2 is 1.61 bits per heavy atom. The molecule has 0 unspecified atom stereocenters. The number of aldehydes is 1. The summed E-state index contributed by atoms with van der Waals surface area (Å²) in [4.78, 5) is 11.9. The monoisotopic (exact) mass is 475 g/mol. The molecule has 33 heavy (non-hydrogen) atoms. The number of hydrogen-bond donors (Lipinski definition) is 0. The van der Waals surface area contributed by atoms with Gasteiger partial charge >= 0.3 is 6.18 Å². The van der Waals surface area contributed by atoms with Gasteiger partial charge in [0.25, 0.3) is 0 Å². The molecule has 0 aliphatic carbocycles. The molecule has 0 radical (unpaired) electrons. The molecule has 1 heterocycles. The van der Waals surface area contributed by atoms with Crippen molar-refractivity contribution in [3.63, 3.8) is 0 Å². The molecule has 3 rings (SSSR count). The fourth-order valence-corrected chi connectivity index (χ4v) is 4.45. The topological polar surface area (TPSA) is 52.3 Å². The molecule has 4 nitrogen and oxygen atoms in total. The third-order valence-electron chi connectivity index (χ3n) is 6.25. The van der Waals surface area contributed by atoms with Crippen LogP contribution in [-0.4, -0.2) is 19.8 Å². The summed E-state index contributed by atoms with van der Waals surface area (Å²) in [5.74, 6) is 1.08. The predicted molar refractivity (Wildman–Crippen MR) is 125 cm³/mol. The van der Waals surface area contributed by atoms with Gasteiger partial charge < -0.3 is 8.95 Å². The fourth-order valence-electron chi connectivity index (χ4n) is 3.42. The van der Waals surface area contributed by atoms with Crippen molar-refractivity contribution in [2.75, 3.05) is 0 Å². The Morgan fingerprint density at radius 1 is 1.00 bits per heavy atom. The maximum absolute atomic E-state index is 13.6. The maximum Gasteiger partial charge on any atom is 0.416 e. The molecule has 0 saturated carbocycles. The molecule has 0 fully saturated rings. The normalized spacial score (nSPS) is 12.7. The molecule has 176 valence electrons. The fraction of sp³-hybridized carbons (Fsp3) is 0.360. The standard InChI is InChI=1S/C25H28F3NO3Si/c1-15-22(16(2)31-29-15)23-18(14-30)12-19(25(26,27)28)13-21(23)17-8-10-20(11-9-17)32-33(6,7)24(3,4)5/h8-14H,1-7H3. The van der Waals surface area contributed by atoms with Crippen LogP contribution in [0.25, 0.3) is 22.3 Å². The summed E-state index contributed by atoms with van der Waals surface area (Å²) in [5, 5.41) is 3.92. The van der Waals surface area contributed by atoms with Crippen LogP contribution in [-0.2, 0) is 6.18 Å². The lowest BCUT2D eigenvalue weighted by atomic mass is 9.88. The van der Waals surface area contributed by atoms with E-state index in [2.05, 4.69) is 39.0 Å². The summed E-state index contributed by atoms with van der Waals surface area (Å²) in [6.07, 6.45) is -4.16. The molecule has 0 atom stereocenters. The van der Waals surface area contributed by atoms with Gasteiger partial charge in [0.15, 0.2) is 6.29 Å². The number of halogens is 3. The van der Waals surface area contributed by atoms with Gasteiger partial charge in [0.05, 0.1) is 11.3 Å². The molecule has 8 heteroatoms. The zero-order chi connectivity index (χ0) is 24.8. The summed E-state index contributed by atoms with van der Waals surface area (Å²) >= 11 is 0. The average Bonchev–Trinajstić information content (AvgIpc) is 3.03.